The van der Waals surface area contributed by atoms with Gasteiger partial charge in [0.15, 0.2) is 0 Å². The van der Waals surface area contributed by atoms with E-state index in [4.69, 9.17) is 10.5 Å². The minimum atomic E-state index is -3.73. The fourth-order valence-electron chi connectivity index (χ4n) is 2.72. The lowest BCUT2D eigenvalue weighted by Gasteiger charge is -2.20. The first-order valence-corrected chi connectivity index (χ1v) is 8.44. The molecule has 1 aliphatic carbocycles. The maximum absolute atomic E-state index is 12.6. The largest absolute Gasteiger partial charge is 0.495 e. The minimum absolute atomic E-state index is 0.0135. The number of nitrogens with two attached hydrogens (primary N) is 1. The Balaban J connectivity index is 2.33. The number of sulfonamides is 1. The fourth-order valence-corrected chi connectivity index (χ4v) is 4.25. The van der Waals surface area contributed by atoms with Crippen molar-refractivity contribution in [1.82, 2.24) is 4.72 Å². The molecule has 0 saturated heterocycles. The van der Waals surface area contributed by atoms with Crippen molar-refractivity contribution in [2.45, 2.75) is 37.1 Å². The van der Waals surface area contributed by atoms with E-state index in [9.17, 15) is 13.5 Å². The van der Waals surface area contributed by atoms with Crippen molar-refractivity contribution in [3.63, 3.8) is 0 Å². The lowest BCUT2D eigenvalue weighted by molar-refractivity contribution is 0.213. The smallest absolute Gasteiger partial charge is 0.244 e. The van der Waals surface area contributed by atoms with Crippen LogP contribution in [0, 0.1) is 12.8 Å². The summed E-state index contributed by atoms with van der Waals surface area (Å²) < 4.78 is 33.0. The number of anilines is 1. The molecule has 1 aromatic rings. The quantitative estimate of drug-likeness (QED) is 0.705. The topological polar surface area (TPSA) is 102 Å². The molecule has 0 aliphatic heterocycles. The van der Waals surface area contributed by atoms with Gasteiger partial charge in [0.25, 0.3) is 0 Å². The summed E-state index contributed by atoms with van der Waals surface area (Å²) in [5, 5.41) is 9.31. The summed E-state index contributed by atoms with van der Waals surface area (Å²) in [6.07, 6.45) is 2.47. The molecule has 2 unspecified atom stereocenters. The molecule has 2 atom stereocenters. The Bertz CT molecular complexity index is 616. The summed E-state index contributed by atoms with van der Waals surface area (Å²) in [6.45, 7) is 1.78. The molecule has 2 rings (SSSR count). The predicted octanol–water partition coefficient (Wildman–Crippen LogP) is 1.03. The normalized spacial score (nSPS) is 22.4. The highest BCUT2D eigenvalue weighted by Gasteiger charge is 2.32. The molecular weight excluding hydrogens is 292 g/mol. The number of hydrogen-bond acceptors (Lipinski definition) is 5. The SMILES string of the molecule is COc1cc(C)c(N)cc1S(=O)(=O)NC1CCCC1CO. The van der Waals surface area contributed by atoms with Crippen LogP contribution in [0.4, 0.5) is 5.69 Å². The third-order valence-corrected chi connectivity index (χ3v) is 5.55. The van der Waals surface area contributed by atoms with Crippen molar-refractivity contribution < 1.29 is 18.3 Å². The zero-order valence-corrected chi connectivity index (χ0v) is 13.1. The van der Waals surface area contributed by atoms with Crippen molar-refractivity contribution in [2.75, 3.05) is 19.5 Å². The van der Waals surface area contributed by atoms with Crippen LogP contribution in [-0.2, 0) is 10.0 Å². The number of aryl methyl sites for hydroxylation is 1. The molecule has 1 aliphatic rings. The molecule has 1 fully saturated rings. The first kappa shape index (κ1) is 16.1. The number of aliphatic hydroxyl groups is 1. The van der Waals surface area contributed by atoms with Gasteiger partial charge in [-0.1, -0.05) is 6.42 Å². The highest BCUT2D eigenvalue weighted by Crippen LogP contribution is 2.31. The summed E-state index contributed by atoms with van der Waals surface area (Å²) in [6, 6.07) is 2.79. The monoisotopic (exact) mass is 314 g/mol. The van der Waals surface area contributed by atoms with Gasteiger partial charge in [-0.25, -0.2) is 13.1 Å². The van der Waals surface area contributed by atoms with Gasteiger partial charge in [0.2, 0.25) is 10.0 Å². The number of aliphatic hydroxyl groups excluding tert-OH is 1. The van der Waals surface area contributed by atoms with Crippen LogP contribution in [0.25, 0.3) is 0 Å². The fraction of sp³-hybridized carbons (Fsp3) is 0.571. The van der Waals surface area contributed by atoms with Gasteiger partial charge in [0.05, 0.1) is 7.11 Å². The first-order chi connectivity index (χ1) is 9.89. The maximum atomic E-state index is 12.6. The zero-order valence-electron chi connectivity index (χ0n) is 12.3. The second-order valence-electron chi connectivity index (χ2n) is 5.46. The Morgan fingerprint density at radius 1 is 1.43 bits per heavy atom. The molecular formula is C14H22N2O4S. The maximum Gasteiger partial charge on any atom is 0.244 e. The van der Waals surface area contributed by atoms with E-state index in [1.807, 2.05) is 0 Å². The van der Waals surface area contributed by atoms with Gasteiger partial charge in [0.1, 0.15) is 10.6 Å². The van der Waals surface area contributed by atoms with Gasteiger partial charge >= 0.3 is 0 Å². The van der Waals surface area contributed by atoms with Crippen LogP contribution in [0.15, 0.2) is 17.0 Å². The summed E-state index contributed by atoms with van der Waals surface area (Å²) in [5.74, 6) is 0.237. The number of ether oxygens (including phenoxy) is 1. The van der Waals surface area contributed by atoms with Crippen LogP contribution in [0.1, 0.15) is 24.8 Å². The molecule has 4 N–H and O–H groups in total. The Kier molecular flexibility index (Phi) is 4.75. The van der Waals surface area contributed by atoms with Gasteiger partial charge < -0.3 is 15.6 Å². The molecule has 1 saturated carbocycles. The molecule has 21 heavy (non-hydrogen) atoms. The van der Waals surface area contributed by atoms with E-state index in [1.165, 1.54) is 13.2 Å². The Hall–Kier alpha value is -1.31. The number of hydrogen-bond donors (Lipinski definition) is 3. The first-order valence-electron chi connectivity index (χ1n) is 6.96. The van der Waals surface area contributed by atoms with Crippen molar-refractivity contribution >= 4 is 15.7 Å². The molecule has 0 heterocycles. The number of methoxy groups -OCH3 is 1. The van der Waals surface area contributed by atoms with Crippen LogP contribution in [0.3, 0.4) is 0 Å². The van der Waals surface area contributed by atoms with E-state index in [0.717, 1.165) is 24.8 Å². The second kappa shape index (κ2) is 6.21. The summed E-state index contributed by atoms with van der Waals surface area (Å²) in [4.78, 5) is 0.0386. The highest BCUT2D eigenvalue weighted by molar-refractivity contribution is 7.89. The van der Waals surface area contributed by atoms with Crippen molar-refractivity contribution in [3.8, 4) is 5.75 Å². The van der Waals surface area contributed by atoms with E-state index in [-0.39, 0.29) is 29.2 Å². The molecule has 0 bridgehead atoms. The highest BCUT2D eigenvalue weighted by atomic mass is 32.2. The third-order valence-electron chi connectivity index (χ3n) is 4.04. The minimum Gasteiger partial charge on any atom is -0.495 e. The zero-order chi connectivity index (χ0) is 15.6. The lowest BCUT2D eigenvalue weighted by Crippen LogP contribution is -2.38. The number of nitrogen functional groups attached to an aromatic ring is 1. The molecule has 1 aromatic carbocycles. The van der Waals surface area contributed by atoms with Gasteiger partial charge in [-0.3, -0.25) is 0 Å². The summed E-state index contributed by atoms with van der Waals surface area (Å²) in [5.41, 5.74) is 6.98. The van der Waals surface area contributed by atoms with E-state index in [0.29, 0.717) is 5.69 Å². The van der Waals surface area contributed by atoms with Crippen molar-refractivity contribution in [1.29, 1.82) is 0 Å². The van der Waals surface area contributed by atoms with Crippen LogP contribution < -0.4 is 15.2 Å². The van der Waals surface area contributed by atoms with Crippen LogP contribution in [0.2, 0.25) is 0 Å². The van der Waals surface area contributed by atoms with E-state index >= 15 is 0 Å². The van der Waals surface area contributed by atoms with Gasteiger partial charge in [-0.15, -0.1) is 0 Å². The Morgan fingerprint density at radius 2 is 2.14 bits per heavy atom. The van der Waals surface area contributed by atoms with Gasteiger partial charge in [0, 0.05) is 18.3 Å². The van der Waals surface area contributed by atoms with E-state index in [2.05, 4.69) is 4.72 Å². The lowest BCUT2D eigenvalue weighted by atomic mass is 10.1. The van der Waals surface area contributed by atoms with Gasteiger partial charge in [-0.05, 0) is 43.4 Å². The summed E-state index contributed by atoms with van der Waals surface area (Å²) >= 11 is 0. The van der Waals surface area contributed by atoms with Crippen LogP contribution >= 0.6 is 0 Å². The van der Waals surface area contributed by atoms with Gasteiger partial charge in [-0.2, -0.15) is 0 Å². The van der Waals surface area contributed by atoms with Crippen LogP contribution in [-0.4, -0.2) is 33.3 Å². The number of nitrogens with one attached hydrogen (secondary N) is 1. The molecule has 118 valence electrons. The number of rotatable bonds is 5. The molecule has 6 nitrogen and oxygen atoms in total. The second-order valence-corrected chi connectivity index (χ2v) is 7.14. The van der Waals surface area contributed by atoms with E-state index in [1.54, 1.807) is 13.0 Å². The third kappa shape index (κ3) is 3.30. The Morgan fingerprint density at radius 3 is 2.76 bits per heavy atom. The van der Waals surface area contributed by atoms with Crippen molar-refractivity contribution in [2.24, 2.45) is 5.92 Å². The van der Waals surface area contributed by atoms with Crippen molar-refractivity contribution in [3.05, 3.63) is 17.7 Å². The Labute approximate surface area is 125 Å². The molecule has 0 amide bonds. The molecule has 0 radical (unpaired) electrons. The molecule has 0 aromatic heterocycles. The number of benzene rings is 1. The predicted molar refractivity (Wildman–Crippen MR) is 80.7 cm³/mol. The average molecular weight is 314 g/mol. The summed E-state index contributed by atoms with van der Waals surface area (Å²) in [7, 11) is -2.31. The molecule has 0 spiro atoms. The molecule has 7 heteroatoms. The average Bonchev–Trinajstić information content (AvgIpc) is 2.87. The van der Waals surface area contributed by atoms with Crippen LogP contribution in [0.5, 0.6) is 5.75 Å². The standard InChI is InChI=1S/C14H22N2O4S/c1-9-6-13(20-2)14(7-11(9)15)21(18,19)16-12-5-3-4-10(12)8-17/h6-7,10,12,16-17H,3-5,8,15H2,1-2H3. The van der Waals surface area contributed by atoms with E-state index < -0.39 is 10.0 Å².